The lowest BCUT2D eigenvalue weighted by Gasteiger charge is -2.59. The number of rotatable bonds is 4. The number of nitrogens with one attached hydrogen (secondary N) is 1. The van der Waals surface area contributed by atoms with Crippen LogP contribution in [-0.4, -0.2) is 56.1 Å². The first-order valence-electron chi connectivity index (χ1n) is 12.5. The van der Waals surface area contributed by atoms with Crippen molar-refractivity contribution >= 4 is 34.9 Å². The first kappa shape index (κ1) is 27.9. The predicted molar refractivity (Wildman–Crippen MR) is 140 cm³/mol. The van der Waals surface area contributed by atoms with Gasteiger partial charge in [0.05, 0.1) is 11.3 Å². The Morgan fingerprint density at radius 1 is 1.21 bits per heavy atom. The Kier molecular flexibility index (Phi) is 6.43. The van der Waals surface area contributed by atoms with Crippen molar-refractivity contribution in [1.82, 2.24) is 0 Å². The average molecular weight is 538 g/mol. The SMILES string of the molecule is C#CCOC(=O)Nc1ccc2c(c1O)C(O)=C1C(=O)[C@@]3(O)C(O)=C(C(C)=O)C(=O)C(C(C)C)[C@@]3(C)C[C@@]1(C)C2. The third kappa shape index (κ3) is 3.67. The predicted octanol–water partition coefficient (Wildman–Crippen LogP) is 3.37. The Morgan fingerprint density at radius 2 is 1.85 bits per heavy atom. The molecule has 1 aromatic rings. The molecule has 10 nitrogen and oxygen atoms in total. The smallest absolute Gasteiger partial charge is 0.412 e. The zero-order valence-electron chi connectivity index (χ0n) is 22.3. The molecule has 0 saturated heterocycles. The summed E-state index contributed by atoms with van der Waals surface area (Å²) >= 11 is 0. The van der Waals surface area contributed by atoms with Crippen LogP contribution in [0.2, 0.25) is 0 Å². The van der Waals surface area contributed by atoms with Crippen molar-refractivity contribution in [3.05, 3.63) is 40.2 Å². The standard InChI is InChI=1S/C29H31NO9/c1-7-10-39-26(37)30-16-9-8-15-11-27(5)12-28(6)19(13(2)3)22(33)17(14(4)31)24(35)29(28,38)25(36)20(27)23(34)18(15)21(16)32/h1,8-9,13,19,32,34-35,38H,10-12H2,2-6H3,(H,30,37)/t19?,27-,28-,29+/m1/s1. The van der Waals surface area contributed by atoms with Gasteiger partial charge in [-0.15, -0.1) is 6.42 Å². The number of Topliss-reactive ketones (excluding diaryl/α,β-unsaturated/α-hetero) is 3. The second-order valence-electron chi connectivity index (χ2n) is 11.4. The van der Waals surface area contributed by atoms with Crippen LogP contribution in [0.5, 0.6) is 5.75 Å². The number of fused-ring (bicyclic) bond motifs is 3. The van der Waals surface area contributed by atoms with E-state index >= 15 is 0 Å². The van der Waals surface area contributed by atoms with Crippen molar-refractivity contribution in [3.8, 4) is 18.1 Å². The molecule has 1 unspecified atom stereocenters. The van der Waals surface area contributed by atoms with Gasteiger partial charge >= 0.3 is 6.09 Å². The summed E-state index contributed by atoms with van der Waals surface area (Å²) in [5.74, 6) is -4.00. The number of carbonyl (C=O) groups excluding carboxylic acids is 4. The number of amides is 1. The Labute approximate surface area is 225 Å². The number of ketones is 3. The van der Waals surface area contributed by atoms with Gasteiger partial charge in [-0.1, -0.05) is 39.7 Å². The molecule has 10 heteroatoms. The van der Waals surface area contributed by atoms with Gasteiger partial charge in [0.2, 0.25) is 5.78 Å². The molecule has 1 saturated carbocycles. The number of carbonyl (C=O) groups is 4. The van der Waals surface area contributed by atoms with E-state index in [-0.39, 0.29) is 36.3 Å². The Bertz CT molecular complexity index is 1440. The van der Waals surface area contributed by atoms with Crippen molar-refractivity contribution in [2.75, 3.05) is 11.9 Å². The molecule has 1 fully saturated rings. The fraction of sp³-hybridized carbons (Fsp3) is 0.448. The maximum atomic E-state index is 14.2. The van der Waals surface area contributed by atoms with Crippen molar-refractivity contribution < 1.29 is 44.3 Å². The molecule has 1 amide bonds. The van der Waals surface area contributed by atoms with Gasteiger partial charge in [0.1, 0.15) is 22.8 Å². The van der Waals surface area contributed by atoms with Gasteiger partial charge in [-0.25, -0.2) is 4.79 Å². The van der Waals surface area contributed by atoms with Gasteiger partial charge in [0, 0.05) is 22.3 Å². The van der Waals surface area contributed by atoms with Gasteiger partial charge in [-0.05, 0) is 37.3 Å². The number of hydrogen-bond acceptors (Lipinski definition) is 9. The molecular formula is C29H31NO9. The molecule has 5 N–H and O–H groups in total. The lowest BCUT2D eigenvalue weighted by atomic mass is 9.43. The van der Waals surface area contributed by atoms with Gasteiger partial charge in [-0.3, -0.25) is 19.7 Å². The summed E-state index contributed by atoms with van der Waals surface area (Å²) in [6, 6.07) is 2.97. The molecule has 0 heterocycles. The third-order valence-corrected chi connectivity index (χ3v) is 8.40. The minimum atomic E-state index is -2.69. The number of hydrogen-bond donors (Lipinski definition) is 5. The molecule has 0 bridgehead atoms. The number of aromatic hydroxyl groups is 1. The highest BCUT2D eigenvalue weighted by Gasteiger charge is 2.72. The van der Waals surface area contributed by atoms with Gasteiger partial charge in [0.25, 0.3) is 0 Å². The van der Waals surface area contributed by atoms with E-state index in [0.29, 0.717) is 5.56 Å². The number of aliphatic hydroxyl groups excluding tert-OH is 2. The molecule has 0 aromatic heterocycles. The zero-order valence-corrected chi connectivity index (χ0v) is 22.3. The van der Waals surface area contributed by atoms with E-state index in [1.54, 1.807) is 33.8 Å². The van der Waals surface area contributed by atoms with Crippen LogP contribution in [0.15, 0.2) is 29.0 Å². The highest BCUT2D eigenvalue weighted by molar-refractivity contribution is 6.24. The van der Waals surface area contributed by atoms with Crippen LogP contribution in [-0.2, 0) is 25.5 Å². The first-order chi connectivity index (χ1) is 18.1. The lowest BCUT2D eigenvalue weighted by Crippen LogP contribution is -2.69. The minimum absolute atomic E-state index is 0.00984. The summed E-state index contributed by atoms with van der Waals surface area (Å²) in [6.07, 6.45) is 4.24. The van der Waals surface area contributed by atoms with Crippen molar-refractivity contribution in [3.63, 3.8) is 0 Å². The Balaban J connectivity index is 1.95. The van der Waals surface area contributed by atoms with Crippen LogP contribution < -0.4 is 5.32 Å². The summed E-state index contributed by atoms with van der Waals surface area (Å²) in [5.41, 5.74) is -6.05. The van der Waals surface area contributed by atoms with E-state index in [0.717, 1.165) is 6.92 Å². The molecular weight excluding hydrogens is 506 g/mol. The number of terminal acetylenes is 1. The van der Waals surface area contributed by atoms with E-state index in [1.165, 1.54) is 6.07 Å². The van der Waals surface area contributed by atoms with E-state index in [1.807, 2.05) is 0 Å². The number of ether oxygens (including phenoxy) is 1. The lowest BCUT2D eigenvalue weighted by molar-refractivity contribution is -0.178. The van der Waals surface area contributed by atoms with Crippen LogP contribution in [0, 0.1) is 35.0 Å². The monoisotopic (exact) mass is 537 g/mol. The second kappa shape index (κ2) is 8.99. The Hall–Kier alpha value is -4.10. The van der Waals surface area contributed by atoms with Crippen LogP contribution in [0.3, 0.4) is 0 Å². The van der Waals surface area contributed by atoms with Crippen LogP contribution >= 0.6 is 0 Å². The molecule has 3 aliphatic carbocycles. The number of anilines is 1. The molecule has 3 aliphatic rings. The zero-order chi connectivity index (χ0) is 29.2. The maximum absolute atomic E-state index is 14.2. The molecule has 4 atom stereocenters. The number of phenols is 1. The van der Waals surface area contributed by atoms with Gasteiger partial charge in [0.15, 0.2) is 23.8 Å². The summed E-state index contributed by atoms with van der Waals surface area (Å²) in [5, 5.41) is 47.9. The third-order valence-electron chi connectivity index (χ3n) is 8.40. The Morgan fingerprint density at radius 3 is 2.41 bits per heavy atom. The van der Waals surface area contributed by atoms with Crippen LogP contribution in [0.25, 0.3) is 5.76 Å². The summed E-state index contributed by atoms with van der Waals surface area (Å²) in [6.45, 7) is 7.48. The summed E-state index contributed by atoms with van der Waals surface area (Å²) < 4.78 is 4.76. The fourth-order valence-electron chi connectivity index (χ4n) is 7.06. The van der Waals surface area contributed by atoms with Gasteiger partial charge < -0.3 is 25.2 Å². The molecule has 0 spiro atoms. The molecule has 39 heavy (non-hydrogen) atoms. The van der Waals surface area contributed by atoms with E-state index in [9.17, 15) is 39.6 Å². The van der Waals surface area contributed by atoms with E-state index in [4.69, 9.17) is 11.2 Å². The normalized spacial score (nSPS) is 29.8. The van der Waals surface area contributed by atoms with Crippen molar-refractivity contribution in [2.24, 2.45) is 22.7 Å². The molecule has 1 aromatic carbocycles. The van der Waals surface area contributed by atoms with E-state index < -0.39 is 74.6 Å². The number of phenolic OH excluding ortho intramolecular Hbond substituents is 1. The molecule has 0 radical (unpaired) electrons. The maximum Gasteiger partial charge on any atom is 0.412 e. The van der Waals surface area contributed by atoms with Crippen molar-refractivity contribution in [1.29, 1.82) is 0 Å². The molecule has 206 valence electrons. The minimum Gasteiger partial charge on any atom is -0.508 e. The second-order valence-corrected chi connectivity index (χ2v) is 11.4. The van der Waals surface area contributed by atoms with Crippen LogP contribution in [0.1, 0.15) is 52.2 Å². The number of aliphatic hydroxyl groups is 3. The topological polar surface area (TPSA) is 170 Å². The average Bonchev–Trinajstić information content (AvgIpc) is 2.81. The molecule has 0 aliphatic heterocycles. The first-order valence-corrected chi connectivity index (χ1v) is 12.5. The highest BCUT2D eigenvalue weighted by Crippen LogP contribution is 2.65. The molecule has 4 rings (SSSR count). The highest BCUT2D eigenvalue weighted by atomic mass is 16.5. The quantitative estimate of drug-likeness (QED) is 0.219. The summed E-state index contributed by atoms with van der Waals surface area (Å²) in [7, 11) is 0. The summed E-state index contributed by atoms with van der Waals surface area (Å²) in [4.78, 5) is 52.1. The largest absolute Gasteiger partial charge is 0.508 e. The van der Waals surface area contributed by atoms with E-state index in [2.05, 4.69) is 11.2 Å². The van der Waals surface area contributed by atoms with Gasteiger partial charge in [-0.2, -0.15) is 0 Å². The van der Waals surface area contributed by atoms with Crippen LogP contribution in [0.4, 0.5) is 10.5 Å². The van der Waals surface area contributed by atoms with Crippen molar-refractivity contribution in [2.45, 2.75) is 53.1 Å². The fourth-order valence-corrected chi connectivity index (χ4v) is 7.06. The number of benzene rings is 1. The number of allylic oxidation sites excluding steroid dienone is 1.